The van der Waals surface area contributed by atoms with Gasteiger partial charge in [0.25, 0.3) is 0 Å². The van der Waals surface area contributed by atoms with Crippen LogP contribution in [0.4, 0.5) is 0 Å². The van der Waals surface area contributed by atoms with Crippen molar-refractivity contribution in [1.29, 1.82) is 0 Å². The monoisotopic (exact) mass is 200 g/mol. The van der Waals surface area contributed by atoms with Crippen LogP contribution in [0.2, 0.25) is 0 Å². The SMILES string of the molecule is COc1cc(C)cc(OC)c1CCl. The van der Waals surface area contributed by atoms with Gasteiger partial charge in [0.05, 0.1) is 25.7 Å². The second kappa shape index (κ2) is 4.38. The summed E-state index contributed by atoms with van der Waals surface area (Å²) >= 11 is 5.79. The molecule has 72 valence electrons. The van der Waals surface area contributed by atoms with E-state index in [1.165, 1.54) is 0 Å². The summed E-state index contributed by atoms with van der Waals surface area (Å²) in [6.07, 6.45) is 0. The molecular weight excluding hydrogens is 188 g/mol. The summed E-state index contributed by atoms with van der Waals surface area (Å²) in [5.41, 5.74) is 2.00. The van der Waals surface area contributed by atoms with Crippen LogP contribution in [0, 0.1) is 6.92 Å². The van der Waals surface area contributed by atoms with Gasteiger partial charge in [-0.25, -0.2) is 0 Å². The number of methoxy groups -OCH3 is 2. The third-order valence-corrected chi connectivity index (χ3v) is 2.15. The Kier molecular flexibility index (Phi) is 3.43. The van der Waals surface area contributed by atoms with Gasteiger partial charge in [-0.05, 0) is 24.6 Å². The van der Waals surface area contributed by atoms with Crippen LogP contribution in [0.1, 0.15) is 11.1 Å². The fraction of sp³-hybridized carbons (Fsp3) is 0.400. The summed E-state index contributed by atoms with van der Waals surface area (Å²) in [6.45, 7) is 1.99. The molecule has 13 heavy (non-hydrogen) atoms. The fourth-order valence-corrected chi connectivity index (χ4v) is 1.51. The average molecular weight is 201 g/mol. The molecule has 1 aromatic rings. The van der Waals surface area contributed by atoms with Gasteiger partial charge in [0.2, 0.25) is 0 Å². The molecule has 0 N–H and O–H groups in total. The first-order chi connectivity index (χ1) is 6.22. The summed E-state index contributed by atoms with van der Waals surface area (Å²) in [4.78, 5) is 0. The molecule has 0 fully saturated rings. The largest absolute Gasteiger partial charge is 0.496 e. The smallest absolute Gasteiger partial charge is 0.127 e. The van der Waals surface area contributed by atoms with E-state index in [0.29, 0.717) is 5.88 Å². The molecule has 0 aromatic heterocycles. The molecule has 3 heteroatoms. The van der Waals surface area contributed by atoms with Crippen LogP contribution >= 0.6 is 11.6 Å². The lowest BCUT2D eigenvalue weighted by molar-refractivity contribution is 0.387. The van der Waals surface area contributed by atoms with E-state index in [9.17, 15) is 0 Å². The third kappa shape index (κ3) is 2.07. The first-order valence-corrected chi connectivity index (χ1v) is 4.53. The highest BCUT2D eigenvalue weighted by molar-refractivity contribution is 6.17. The first-order valence-electron chi connectivity index (χ1n) is 4.00. The molecule has 1 rings (SSSR count). The molecule has 2 nitrogen and oxygen atoms in total. The van der Waals surface area contributed by atoms with Gasteiger partial charge >= 0.3 is 0 Å². The Bertz CT molecular complexity index is 272. The van der Waals surface area contributed by atoms with Gasteiger partial charge in [-0.2, -0.15) is 0 Å². The van der Waals surface area contributed by atoms with Crippen LogP contribution in [0.5, 0.6) is 11.5 Å². The van der Waals surface area contributed by atoms with Gasteiger partial charge in [0, 0.05) is 0 Å². The Labute approximate surface area is 83.4 Å². The minimum absolute atomic E-state index is 0.395. The summed E-state index contributed by atoms with van der Waals surface area (Å²) in [7, 11) is 3.26. The van der Waals surface area contributed by atoms with Crippen molar-refractivity contribution in [3.8, 4) is 11.5 Å². The number of halogens is 1. The molecule has 0 amide bonds. The van der Waals surface area contributed by atoms with Gasteiger partial charge in [0.1, 0.15) is 11.5 Å². The normalized spacial score (nSPS) is 9.85. The minimum atomic E-state index is 0.395. The number of rotatable bonds is 3. The van der Waals surface area contributed by atoms with Crippen molar-refractivity contribution in [1.82, 2.24) is 0 Å². The van der Waals surface area contributed by atoms with Crippen LogP contribution < -0.4 is 9.47 Å². The van der Waals surface area contributed by atoms with E-state index < -0.39 is 0 Å². The lowest BCUT2D eigenvalue weighted by Gasteiger charge is -2.11. The summed E-state index contributed by atoms with van der Waals surface area (Å²) < 4.78 is 10.4. The highest BCUT2D eigenvalue weighted by Crippen LogP contribution is 2.31. The zero-order valence-electron chi connectivity index (χ0n) is 8.06. The highest BCUT2D eigenvalue weighted by Gasteiger charge is 2.09. The standard InChI is InChI=1S/C10H13ClO2/c1-7-4-9(12-2)8(6-11)10(5-7)13-3/h4-5H,6H2,1-3H3. The maximum absolute atomic E-state index is 5.79. The molecule has 0 saturated heterocycles. The van der Waals surface area contributed by atoms with Gasteiger partial charge in [0.15, 0.2) is 0 Å². The van der Waals surface area contributed by atoms with E-state index in [2.05, 4.69) is 0 Å². The van der Waals surface area contributed by atoms with Crippen molar-refractivity contribution in [3.05, 3.63) is 23.3 Å². The number of aryl methyl sites for hydroxylation is 1. The lowest BCUT2D eigenvalue weighted by Crippen LogP contribution is -1.95. The van der Waals surface area contributed by atoms with E-state index in [-0.39, 0.29) is 0 Å². The number of hydrogen-bond donors (Lipinski definition) is 0. The molecule has 0 spiro atoms. The first kappa shape index (κ1) is 10.2. The summed E-state index contributed by atoms with van der Waals surface area (Å²) in [5.74, 6) is 1.96. The number of ether oxygens (including phenoxy) is 2. The highest BCUT2D eigenvalue weighted by atomic mass is 35.5. The molecule has 0 atom stereocenters. The van der Waals surface area contributed by atoms with Crippen molar-refractivity contribution in [2.45, 2.75) is 12.8 Å². The van der Waals surface area contributed by atoms with Crippen LogP contribution in [0.25, 0.3) is 0 Å². The fourth-order valence-electron chi connectivity index (χ4n) is 1.25. The zero-order valence-corrected chi connectivity index (χ0v) is 8.81. The second-order valence-corrected chi connectivity index (χ2v) is 3.05. The van der Waals surface area contributed by atoms with Crippen molar-refractivity contribution in [2.75, 3.05) is 14.2 Å². The quantitative estimate of drug-likeness (QED) is 0.699. The van der Waals surface area contributed by atoms with Crippen LogP contribution in [-0.4, -0.2) is 14.2 Å². The number of benzene rings is 1. The van der Waals surface area contributed by atoms with Crippen molar-refractivity contribution < 1.29 is 9.47 Å². The van der Waals surface area contributed by atoms with E-state index in [1.54, 1.807) is 14.2 Å². The molecule has 1 aromatic carbocycles. The minimum Gasteiger partial charge on any atom is -0.496 e. The van der Waals surface area contributed by atoms with Gasteiger partial charge < -0.3 is 9.47 Å². The lowest BCUT2D eigenvalue weighted by atomic mass is 10.1. The van der Waals surface area contributed by atoms with E-state index in [4.69, 9.17) is 21.1 Å². The third-order valence-electron chi connectivity index (χ3n) is 1.89. The summed E-state index contributed by atoms with van der Waals surface area (Å²) in [5, 5.41) is 0. The number of alkyl halides is 1. The van der Waals surface area contributed by atoms with E-state index >= 15 is 0 Å². The Balaban J connectivity index is 3.25. The molecule has 0 bridgehead atoms. The second-order valence-electron chi connectivity index (χ2n) is 2.78. The number of hydrogen-bond acceptors (Lipinski definition) is 2. The maximum atomic E-state index is 5.79. The Morgan fingerprint density at radius 1 is 1.15 bits per heavy atom. The van der Waals surface area contributed by atoms with Crippen LogP contribution in [-0.2, 0) is 5.88 Å². The Morgan fingerprint density at radius 3 is 1.92 bits per heavy atom. The maximum Gasteiger partial charge on any atom is 0.127 e. The van der Waals surface area contributed by atoms with E-state index in [0.717, 1.165) is 22.6 Å². The van der Waals surface area contributed by atoms with Gasteiger partial charge in [-0.1, -0.05) is 0 Å². The predicted octanol–water partition coefficient (Wildman–Crippen LogP) is 2.75. The van der Waals surface area contributed by atoms with Crippen molar-refractivity contribution >= 4 is 11.6 Å². The van der Waals surface area contributed by atoms with E-state index in [1.807, 2.05) is 19.1 Å². The molecule has 0 heterocycles. The van der Waals surface area contributed by atoms with Crippen molar-refractivity contribution in [3.63, 3.8) is 0 Å². The van der Waals surface area contributed by atoms with Gasteiger partial charge in [-0.15, -0.1) is 11.6 Å². The molecule has 0 aliphatic heterocycles. The summed E-state index contributed by atoms with van der Waals surface area (Å²) in [6, 6.07) is 3.89. The Morgan fingerprint density at radius 2 is 1.62 bits per heavy atom. The zero-order chi connectivity index (χ0) is 9.84. The Hall–Kier alpha value is -0.890. The van der Waals surface area contributed by atoms with Crippen LogP contribution in [0.15, 0.2) is 12.1 Å². The molecule has 0 radical (unpaired) electrons. The molecule has 0 saturated carbocycles. The molecule has 0 aliphatic carbocycles. The van der Waals surface area contributed by atoms with Crippen LogP contribution in [0.3, 0.4) is 0 Å². The average Bonchev–Trinajstić information content (AvgIpc) is 2.16. The molecule has 0 unspecified atom stereocenters. The molecule has 0 aliphatic rings. The topological polar surface area (TPSA) is 18.5 Å². The molecular formula is C10H13ClO2. The van der Waals surface area contributed by atoms with Gasteiger partial charge in [-0.3, -0.25) is 0 Å². The van der Waals surface area contributed by atoms with Crippen molar-refractivity contribution in [2.24, 2.45) is 0 Å². The predicted molar refractivity (Wildman–Crippen MR) is 53.8 cm³/mol.